The first-order valence-corrected chi connectivity index (χ1v) is 14.7. The quantitative estimate of drug-likeness (QED) is 0.251. The van der Waals surface area contributed by atoms with Crippen molar-refractivity contribution in [3.05, 3.63) is 73.7 Å². The first-order chi connectivity index (χ1) is 19.9. The zero-order chi connectivity index (χ0) is 30.2. The number of amides is 1. The molecule has 10 nitrogen and oxygen atoms in total. The van der Waals surface area contributed by atoms with Gasteiger partial charge in [0.05, 0.1) is 43.9 Å². The van der Waals surface area contributed by atoms with Gasteiger partial charge in [-0.05, 0) is 61.0 Å². The first kappa shape index (κ1) is 29.9. The predicted molar refractivity (Wildman–Crippen MR) is 169 cm³/mol. The molecule has 3 heterocycles. The number of anilines is 3. The zero-order valence-electron chi connectivity index (χ0n) is 23.5. The van der Waals surface area contributed by atoms with Crippen LogP contribution in [0, 0.1) is 0 Å². The van der Waals surface area contributed by atoms with Gasteiger partial charge in [0, 0.05) is 50.3 Å². The van der Waals surface area contributed by atoms with Gasteiger partial charge in [0.1, 0.15) is 11.4 Å². The Balaban J connectivity index is 1.35. The Labute approximate surface area is 261 Å². The van der Waals surface area contributed by atoms with Crippen LogP contribution in [0.5, 0.6) is 5.75 Å². The largest absolute Gasteiger partial charge is 0.495 e. The van der Waals surface area contributed by atoms with E-state index in [1.54, 1.807) is 36.4 Å². The molecule has 13 heteroatoms. The predicted octanol–water partition coefficient (Wildman–Crippen LogP) is 6.66. The van der Waals surface area contributed by atoms with Crippen LogP contribution in [-0.2, 0) is 4.74 Å². The van der Waals surface area contributed by atoms with Crippen molar-refractivity contribution in [2.45, 2.75) is 26.4 Å². The summed E-state index contributed by atoms with van der Waals surface area (Å²) in [5.41, 5.74) is 1.54. The number of nitrogens with one attached hydrogen (secondary N) is 1. The summed E-state index contributed by atoms with van der Waals surface area (Å²) in [4.78, 5) is 38.6. The molecule has 4 aromatic rings. The number of halogens is 3. The minimum absolute atomic E-state index is 0.296. The number of carbonyl (C=O) groups excluding carboxylic acids is 1. The van der Waals surface area contributed by atoms with Crippen LogP contribution in [0.15, 0.2) is 58.1 Å². The molecule has 0 atom stereocenters. The van der Waals surface area contributed by atoms with Crippen LogP contribution in [0.25, 0.3) is 16.6 Å². The molecule has 1 N–H and O–H groups in total. The molecule has 1 aliphatic heterocycles. The molecule has 1 aliphatic rings. The van der Waals surface area contributed by atoms with Crippen LogP contribution in [0.2, 0.25) is 10.0 Å². The number of aromatic nitrogens is 3. The summed E-state index contributed by atoms with van der Waals surface area (Å²) >= 11 is 16.2. The molecule has 0 spiro atoms. The Bertz CT molecular complexity index is 1700. The summed E-state index contributed by atoms with van der Waals surface area (Å²) in [7, 11) is 1.61. The van der Waals surface area contributed by atoms with Crippen LogP contribution in [0.3, 0.4) is 0 Å². The zero-order valence-corrected chi connectivity index (χ0v) is 26.5. The Kier molecular flexibility index (Phi) is 8.54. The SMILES string of the molecule is COc1cc(Nc2ncc3c(=O)n(-c4c(Cl)cccc4Cl)cc(Br)c3n2)ccc1N1CCN(C(=O)OC(C)(C)C)CC1. The molecular formula is C29H29BrCl2N6O4. The number of nitrogens with zero attached hydrogens (tertiary/aromatic N) is 5. The number of carbonyl (C=O) groups is 1. The average Bonchev–Trinajstić information content (AvgIpc) is 2.94. The van der Waals surface area contributed by atoms with E-state index in [4.69, 9.17) is 32.7 Å². The smallest absolute Gasteiger partial charge is 0.410 e. The van der Waals surface area contributed by atoms with Gasteiger partial charge in [0.25, 0.3) is 5.56 Å². The van der Waals surface area contributed by atoms with Crippen molar-refractivity contribution in [1.82, 2.24) is 19.4 Å². The van der Waals surface area contributed by atoms with E-state index in [1.165, 1.54) is 10.8 Å². The highest BCUT2D eigenvalue weighted by molar-refractivity contribution is 9.10. The molecule has 0 bridgehead atoms. The fourth-order valence-electron chi connectivity index (χ4n) is 4.63. The number of pyridine rings is 1. The van der Waals surface area contributed by atoms with Gasteiger partial charge in [0.15, 0.2) is 0 Å². The fourth-order valence-corrected chi connectivity index (χ4v) is 5.72. The second-order valence-corrected chi connectivity index (χ2v) is 12.3. The number of para-hydroxylation sites is 1. The molecule has 220 valence electrons. The van der Waals surface area contributed by atoms with Gasteiger partial charge in [-0.1, -0.05) is 29.3 Å². The summed E-state index contributed by atoms with van der Waals surface area (Å²) < 4.78 is 13.1. The molecule has 42 heavy (non-hydrogen) atoms. The number of hydrogen-bond acceptors (Lipinski definition) is 8. The lowest BCUT2D eigenvalue weighted by molar-refractivity contribution is 0.0240. The molecule has 0 radical (unpaired) electrons. The van der Waals surface area contributed by atoms with Crippen molar-refractivity contribution < 1.29 is 14.3 Å². The van der Waals surface area contributed by atoms with Gasteiger partial charge in [-0.2, -0.15) is 0 Å². The minimum atomic E-state index is -0.533. The molecule has 2 aromatic heterocycles. The lowest BCUT2D eigenvalue weighted by Gasteiger charge is -2.37. The molecule has 2 aromatic carbocycles. The molecule has 0 saturated carbocycles. The van der Waals surface area contributed by atoms with Crippen LogP contribution >= 0.6 is 39.1 Å². The maximum atomic E-state index is 13.3. The first-order valence-electron chi connectivity index (χ1n) is 13.2. The van der Waals surface area contributed by atoms with E-state index >= 15 is 0 Å². The van der Waals surface area contributed by atoms with Crippen molar-refractivity contribution >= 4 is 73.5 Å². The minimum Gasteiger partial charge on any atom is -0.495 e. The third kappa shape index (κ3) is 6.28. The van der Waals surface area contributed by atoms with E-state index in [0.29, 0.717) is 74.7 Å². The standard InChI is InChI=1S/C29H29BrCl2N6O4/c1-29(2,3)42-28(40)37-12-10-36(11-13-37)22-9-8-17(14-23(22)41-4)34-27-33-15-18-24(35-27)19(30)16-38(26(18)39)25-20(31)6-5-7-21(25)32/h5-9,14-16H,10-13H2,1-4H3,(H,33,34,35). The van der Waals surface area contributed by atoms with E-state index in [-0.39, 0.29) is 11.7 Å². The molecular weight excluding hydrogens is 647 g/mol. The normalized spacial score (nSPS) is 13.8. The van der Waals surface area contributed by atoms with Crippen molar-refractivity contribution in [1.29, 1.82) is 0 Å². The van der Waals surface area contributed by atoms with Gasteiger partial charge in [0.2, 0.25) is 5.95 Å². The van der Waals surface area contributed by atoms with Crippen LogP contribution in [0.1, 0.15) is 20.8 Å². The van der Waals surface area contributed by atoms with E-state index in [0.717, 1.165) is 5.69 Å². The summed E-state index contributed by atoms with van der Waals surface area (Å²) in [5.74, 6) is 0.962. The second-order valence-electron chi connectivity index (χ2n) is 10.6. The fraction of sp³-hybridized carbons (Fsp3) is 0.310. The van der Waals surface area contributed by atoms with Crippen molar-refractivity contribution in [2.75, 3.05) is 43.5 Å². The summed E-state index contributed by atoms with van der Waals surface area (Å²) in [6, 6.07) is 10.8. The van der Waals surface area contributed by atoms with E-state index in [2.05, 4.69) is 36.1 Å². The van der Waals surface area contributed by atoms with Crippen LogP contribution < -0.4 is 20.5 Å². The number of methoxy groups -OCH3 is 1. The lowest BCUT2D eigenvalue weighted by Crippen LogP contribution is -2.50. The highest BCUT2D eigenvalue weighted by atomic mass is 79.9. The Morgan fingerprint density at radius 2 is 1.76 bits per heavy atom. The third-order valence-corrected chi connectivity index (χ3v) is 7.78. The highest BCUT2D eigenvalue weighted by Crippen LogP contribution is 2.34. The number of hydrogen-bond donors (Lipinski definition) is 1. The second kappa shape index (κ2) is 12.0. The lowest BCUT2D eigenvalue weighted by atomic mass is 10.2. The van der Waals surface area contributed by atoms with E-state index in [9.17, 15) is 9.59 Å². The van der Waals surface area contributed by atoms with Crippen molar-refractivity contribution in [3.63, 3.8) is 0 Å². The van der Waals surface area contributed by atoms with Crippen molar-refractivity contribution in [3.8, 4) is 11.4 Å². The maximum absolute atomic E-state index is 13.3. The highest BCUT2D eigenvalue weighted by Gasteiger charge is 2.27. The summed E-state index contributed by atoms with van der Waals surface area (Å²) in [6.07, 6.45) is 2.76. The third-order valence-electron chi connectivity index (χ3n) is 6.59. The number of benzene rings is 2. The molecule has 1 saturated heterocycles. The van der Waals surface area contributed by atoms with Gasteiger partial charge in [-0.25, -0.2) is 14.8 Å². The topological polar surface area (TPSA) is 102 Å². The Morgan fingerprint density at radius 1 is 1.07 bits per heavy atom. The molecule has 0 unspecified atom stereocenters. The average molecular weight is 676 g/mol. The summed E-state index contributed by atoms with van der Waals surface area (Å²) in [6.45, 7) is 7.95. The van der Waals surface area contributed by atoms with E-state index < -0.39 is 5.60 Å². The number of piperazine rings is 1. The summed E-state index contributed by atoms with van der Waals surface area (Å²) in [5, 5.41) is 4.18. The molecule has 0 aliphatic carbocycles. The monoisotopic (exact) mass is 674 g/mol. The van der Waals surface area contributed by atoms with Gasteiger partial charge >= 0.3 is 6.09 Å². The van der Waals surface area contributed by atoms with Gasteiger partial charge < -0.3 is 24.6 Å². The molecule has 1 amide bonds. The van der Waals surface area contributed by atoms with E-state index in [1.807, 2.05) is 39.0 Å². The van der Waals surface area contributed by atoms with Crippen LogP contribution in [-0.4, -0.2) is 64.4 Å². The number of ether oxygens (including phenoxy) is 2. The van der Waals surface area contributed by atoms with Crippen LogP contribution in [0.4, 0.5) is 22.1 Å². The molecule has 1 fully saturated rings. The van der Waals surface area contributed by atoms with Gasteiger partial charge in [-0.15, -0.1) is 0 Å². The molecule has 5 rings (SSSR count). The Hall–Kier alpha value is -3.54. The van der Waals surface area contributed by atoms with Crippen molar-refractivity contribution in [2.24, 2.45) is 0 Å². The number of rotatable bonds is 5. The maximum Gasteiger partial charge on any atom is 0.410 e. The van der Waals surface area contributed by atoms with Gasteiger partial charge in [-0.3, -0.25) is 9.36 Å². The Morgan fingerprint density at radius 3 is 2.40 bits per heavy atom. The number of fused-ring (bicyclic) bond motifs is 1.